The van der Waals surface area contributed by atoms with Gasteiger partial charge in [0.05, 0.1) is 34.7 Å². The molecule has 0 aliphatic carbocycles. The zero-order valence-electron chi connectivity index (χ0n) is 23.1. The minimum atomic E-state index is -1.81. The van der Waals surface area contributed by atoms with Crippen molar-refractivity contribution in [2.24, 2.45) is 5.16 Å². The molecule has 2 aliphatic rings. The normalized spacial score (nSPS) is 17.8. The summed E-state index contributed by atoms with van der Waals surface area (Å²) in [5.41, 5.74) is 17.6. The maximum absolute atomic E-state index is 12.6. The first-order chi connectivity index (χ1) is 20.3. The fraction of sp³-hybridized carbons (Fsp3) is 0.417. The van der Waals surface area contributed by atoms with E-state index in [1.54, 1.807) is 5.38 Å². The topological polar surface area (TPSA) is 256 Å². The Morgan fingerprint density at radius 1 is 1.37 bits per heavy atom. The highest BCUT2D eigenvalue weighted by atomic mass is 32.2. The average Bonchev–Trinajstić information content (AvgIpc) is 3.34. The number of carboxylic acid groups (broad SMARTS) is 2. The third-order valence-corrected chi connectivity index (χ3v) is 9.65. The van der Waals surface area contributed by atoms with Gasteiger partial charge in [0, 0.05) is 23.3 Å². The number of rotatable bonds is 13. The van der Waals surface area contributed by atoms with Crippen molar-refractivity contribution in [3.63, 3.8) is 0 Å². The summed E-state index contributed by atoms with van der Waals surface area (Å²) in [7, 11) is 0. The summed E-state index contributed by atoms with van der Waals surface area (Å²) in [5.74, 6) is -2.80. The molecule has 4 rings (SSSR count). The summed E-state index contributed by atoms with van der Waals surface area (Å²) >= 11 is 3.75. The molecule has 19 heteroatoms. The summed E-state index contributed by atoms with van der Waals surface area (Å²) < 4.78 is 1.49. The number of thioether (sulfide) groups is 2. The third-order valence-electron chi connectivity index (χ3n) is 6.59. The number of aliphatic carboxylic acids is 2. The average molecular weight is 652 g/mol. The molecule has 0 radical (unpaired) electrons. The number of nitrogens with two attached hydrogens (primary N) is 3. The van der Waals surface area contributed by atoms with Crippen LogP contribution in [-0.4, -0.2) is 72.4 Å². The Kier molecular flexibility index (Phi) is 9.65. The van der Waals surface area contributed by atoms with Crippen LogP contribution < -0.4 is 32.2 Å². The number of nitrogens with one attached hydrogen (secondary N) is 1. The maximum atomic E-state index is 12.6. The highest BCUT2D eigenvalue weighted by molar-refractivity contribution is 8.00. The zero-order valence-corrected chi connectivity index (χ0v) is 25.5. The van der Waals surface area contributed by atoms with Crippen LogP contribution in [0.15, 0.2) is 27.0 Å². The van der Waals surface area contributed by atoms with Crippen molar-refractivity contribution >= 4 is 81.6 Å². The molecule has 230 valence electrons. The first-order valence-electron chi connectivity index (χ1n) is 12.7. The Hall–Kier alpha value is -4.10. The number of thiazole rings is 1. The van der Waals surface area contributed by atoms with E-state index in [9.17, 15) is 29.4 Å². The zero-order chi connectivity index (χ0) is 31.5. The van der Waals surface area contributed by atoms with Crippen LogP contribution in [0.2, 0.25) is 0 Å². The first-order valence-corrected chi connectivity index (χ1v) is 15.7. The number of anilines is 3. The first kappa shape index (κ1) is 31.8. The van der Waals surface area contributed by atoms with Crippen LogP contribution in [0, 0.1) is 0 Å². The van der Waals surface area contributed by atoms with Gasteiger partial charge in [-0.3, -0.25) is 14.5 Å². The Labute approximate surface area is 257 Å². The molecule has 1 fully saturated rings. The lowest BCUT2D eigenvalue weighted by Gasteiger charge is -2.45. The fourth-order valence-corrected chi connectivity index (χ4v) is 7.25. The van der Waals surface area contributed by atoms with Gasteiger partial charge in [0.15, 0.2) is 5.13 Å². The summed E-state index contributed by atoms with van der Waals surface area (Å²) in [6.07, 6.45) is 1.37. The number of aromatic nitrogens is 3. The molecule has 2 atom stereocenters. The quantitative estimate of drug-likeness (QED) is 0.0421. The number of nitrogen functional groups attached to an aromatic ring is 3. The van der Waals surface area contributed by atoms with E-state index in [0.29, 0.717) is 29.0 Å². The second-order valence-corrected chi connectivity index (χ2v) is 12.6. The van der Waals surface area contributed by atoms with E-state index in [0.717, 1.165) is 29.3 Å². The molecule has 2 unspecified atom stereocenters. The van der Waals surface area contributed by atoms with E-state index < -0.39 is 23.4 Å². The molecule has 2 aromatic rings. The molecule has 16 nitrogen and oxygen atoms in total. The van der Waals surface area contributed by atoms with Crippen molar-refractivity contribution < 1.29 is 38.8 Å². The molecular formula is C24H29N9O7S3. The number of nitrogens with zero attached hydrogens (tertiary/aromatic N) is 5. The smallest absolute Gasteiger partial charge is 0.351 e. The van der Waals surface area contributed by atoms with Crippen LogP contribution in [0.25, 0.3) is 0 Å². The van der Waals surface area contributed by atoms with Crippen LogP contribution in [0.1, 0.15) is 31.5 Å². The molecular weight excluding hydrogens is 623 g/mol. The van der Waals surface area contributed by atoms with Gasteiger partial charge in [-0.1, -0.05) is 17.1 Å². The van der Waals surface area contributed by atoms with Gasteiger partial charge in [-0.05, 0) is 30.7 Å². The molecule has 43 heavy (non-hydrogen) atoms. The maximum Gasteiger partial charge on any atom is 0.351 e. The van der Waals surface area contributed by atoms with E-state index in [4.69, 9.17) is 22.0 Å². The van der Waals surface area contributed by atoms with Crippen molar-refractivity contribution in [1.82, 2.24) is 20.2 Å². The van der Waals surface area contributed by atoms with Gasteiger partial charge in [0.1, 0.15) is 12.9 Å². The molecule has 2 aliphatic heterocycles. The van der Waals surface area contributed by atoms with Gasteiger partial charge in [-0.15, -0.1) is 23.1 Å². The fourth-order valence-electron chi connectivity index (χ4n) is 4.27. The van der Waals surface area contributed by atoms with Crippen LogP contribution in [0.4, 0.5) is 16.8 Å². The van der Waals surface area contributed by atoms with E-state index in [-0.39, 0.29) is 64.2 Å². The minimum Gasteiger partial charge on any atom is -0.543 e. The highest BCUT2D eigenvalue weighted by Gasteiger charge is 2.43. The van der Waals surface area contributed by atoms with Gasteiger partial charge in [-0.2, -0.15) is 0 Å². The minimum absolute atomic E-state index is 0.138. The number of carbonyl (C=O) groups excluding carboxylic acids is 3. The Morgan fingerprint density at radius 2 is 2.12 bits per heavy atom. The molecule has 0 saturated carbocycles. The number of carbonyl (C=O) groups is 4. The molecule has 2 aromatic heterocycles. The standard InChI is InChI=1S/C24H29N9O7S3/c1-3-13-18(25)31-23(43-8-11-7-41-16-4-15(35)33(16)17(11)20(36)37)32(19(13)26)10-28-14(34)6-29-40-24(2,21(38)39)5-12-9-42-22(27)30-12/h6,9,16H,3-5,7-8,10H2,1-2H3,(H8,25,26,27,28,30,34,36,37,38,39)/b29-6-. The molecule has 1 saturated heterocycles. The van der Waals surface area contributed by atoms with Crippen molar-refractivity contribution in [1.29, 1.82) is 0 Å². The molecule has 2 amide bonds. The van der Waals surface area contributed by atoms with E-state index in [1.807, 2.05) is 6.92 Å². The number of hydrogen-bond donors (Lipinski definition) is 5. The Balaban J connectivity index is 1.47. The second-order valence-electron chi connectivity index (χ2n) is 9.60. The number of amides is 2. The lowest BCUT2D eigenvalue weighted by atomic mass is 10.0. The van der Waals surface area contributed by atoms with Gasteiger partial charge in [0.2, 0.25) is 23.1 Å². The van der Waals surface area contributed by atoms with E-state index in [2.05, 4.69) is 20.4 Å². The SMILES string of the molecule is CCc1c(N)nc(SCC2=C(C(=O)[O-])N3C(=O)CC3SC2)[n+](CNC(=O)/C=N\OC(C)(Cc2csc(N)n2)C(=O)O)c1N. The van der Waals surface area contributed by atoms with Crippen LogP contribution >= 0.6 is 34.9 Å². The molecule has 8 N–H and O–H groups in total. The van der Waals surface area contributed by atoms with E-state index >= 15 is 0 Å². The van der Waals surface area contributed by atoms with Gasteiger partial charge >= 0.3 is 11.1 Å². The molecule has 0 spiro atoms. The van der Waals surface area contributed by atoms with Gasteiger partial charge in [0.25, 0.3) is 5.91 Å². The van der Waals surface area contributed by atoms with Crippen molar-refractivity contribution in [3.05, 3.63) is 27.9 Å². The van der Waals surface area contributed by atoms with Gasteiger partial charge in [-0.25, -0.2) is 14.3 Å². The highest BCUT2D eigenvalue weighted by Crippen LogP contribution is 2.40. The molecule has 0 bridgehead atoms. The van der Waals surface area contributed by atoms with Crippen LogP contribution in [0.5, 0.6) is 0 Å². The number of fused-ring (bicyclic) bond motifs is 1. The number of β-lactam (4-membered cyclic amide) rings is 1. The Bertz CT molecular complexity index is 1530. The summed E-state index contributed by atoms with van der Waals surface area (Å²) in [5, 5.41) is 29.6. The summed E-state index contributed by atoms with van der Waals surface area (Å²) in [6, 6.07) is 0. The van der Waals surface area contributed by atoms with Crippen LogP contribution in [-0.2, 0) is 43.5 Å². The van der Waals surface area contributed by atoms with Crippen molar-refractivity contribution in [2.45, 2.75) is 55.9 Å². The lowest BCUT2D eigenvalue weighted by Crippen LogP contribution is -2.56. The number of oxime groups is 1. The third kappa shape index (κ3) is 6.94. The van der Waals surface area contributed by atoms with Gasteiger partial charge < -0.3 is 42.4 Å². The van der Waals surface area contributed by atoms with E-state index in [1.165, 1.54) is 28.2 Å². The van der Waals surface area contributed by atoms with Crippen molar-refractivity contribution in [3.8, 4) is 0 Å². The largest absolute Gasteiger partial charge is 0.543 e. The lowest BCUT2D eigenvalue weighted by molar-refractivity contribution is -0.726. The number of carboxylic acids is 2. The second kappa shape index (κ2) is 13.0. The monoisotopic (exact) mass is 651 g/mol. The summed E-state index contributed by atoms with van der Waals surface area (Å²) in [4.78, 5) is 63.2. The van der Waals surface area contributed by atoms with Crippen molar-refractivity contribution in [2.75, 3.05) is 28.7 Å². The van der Waals surface area contributed by atoms with Crippen LogP contribution in [0.3, 0.4) is 0 Å². The summed E-state index contributed by atoms with van der Waals surface area (Å²) in [6.45, 7) is 2.94. The predicted octanol–water partition coefficient (Wildman–Crippen LogP) is -1.30. The Morgan fingerprint density at radius 3 is 2.72 bits per heavy atom. The number of hydrogen-bond acceptors (Lipinski definition) is 15. The molecule has 4 heterocycles. The predicted molar refractivity (Wildman–Crippen MR) is 157 cm³/mol. The molecule has 0 aromatic carbocycles.